The van der Waals surface area contributed by atoms with Gasteiger partial charge in [-0.25, -0.2) is 9.97 Å². The van der Waals surface area contributed by atoms with Gasteiger partial charge in [-0.05, 0) is 30.9 Å². The van der Waals surface area contributed by atoms with Gasteiger partial charge in [0.2, 0.25) is 0 Å². The number of H-pyrrole nitrogens is 1. The van der Waals surface area contributed by atoms with Gasteiger partial charge in [-0.3, -0.25) is 4.79 Å². The Hall–Kier alpha value is -1.71. The quantitative estimate of drug-likeness (QED) is 0.855. The molecule has 2 rings (SSSR count). The number of unbranched alkanes of at least 4 members (excludes halogenated alkanes) is 1. The van der Waals surface area contributed by atoms with Crippen molar-refractivity contribution < 1.29 is 0 Å². The molecule has 0 fully saturated rings. The van der Waals surface area contributed by atoms with Gasteiger partial charge in [-0.1, -0.05) is 13.3 Å². The van der Waals surface area contributed by atoms with E-state index in [1.165, 1.54) is 6.33 Å². The molecule has 84 valence electrons. The molecule has 4 heteroatoms. The predicted octanol–water partition coefficient (Wildman–Crippen LogP) is 1.97. The van der Waals surface area contributed by atoms with E-state index in [1.807, 2.05) is 6.92 Å². The van der Waals surface area contributed by atoms with Crippen molar-refractivity contribution in [3.8, 4) is 0 Å². The number of nitrogens with zero attached hydrogens (tertiary/aromatic N) is 2. The van der Waals surface area contributed by atoms with Gasteiger partial charge >= 0.3 is 0 Å². The third-order valence-corrected chi connectivity index (χ3v) is 2.77. The molecule has 0 bridgehead atoms. The molecule has 0 radical (unpaired) electrons. The van der Waals surface area contributed by atoms with Crippen LogP contribution in [0.15, 0.2) is 17.3 Å². The maximum atomic E-state index is 11.8. The van der Waals surface area contributed by atoms with E-state index in [4.69, 9.17) is 0 Å². The van der Waals surface area contributed by atoms with Crippen LogP contribution in [0, 0.1) is 6.92 Å². The molecule has 0 amide bonds. The lowest BCUT2D eigenvalue weighted by Crippen LogP contribution is -2.11. The van der Waals surface area contributed by atoms with E-state index < -0.39 is 0 Å². The first-order valence-electron chi connectivity index (χ1n) is 5.56. The number of nitrogens with one attached hydrogen (secondary N) is 1. The average Bonchev–Trinajstić information content (AvgIpc) is 2.28. The molecule has 0 aliphatic carbocycles. The van der Waals surface area contributed by atoms with Crippen LogP contribution in [-0.2, 0) is 6.42 Å². The highest BCUT2D eigenvalue weighted by atomic mass is 16.1. The highest BCUT2D eigenvalue weighted by Crippen LogP contribution is 2.17. The molecule has 0 aliphatic heterocycles. The van der Waals surface area contributed by atoms with Crippen molar-refractivity contribution in [3.05, 3.63) is 34.0 Å². The van der Waals surface area contributed by atoms with Crippen LogP contribution in [0.1, 0.15) is 30.9 Å². The topological polar surface area (TPSA) is 58.6 Å². The Morgan fingerprint density at radius 2 is 2.19 bits per heavy atom. The highest BCUT2D eigenvalue weighted by Gasteiger charge is 2.09. The van der Waals surface area contributed by atoms with Gasteiger partial charge in [0, 0.05) is 6.20 Å². The molecular formula is C12H15N3O. The minimum atomic E-state index is -0.0905. The summed E-state index contributed by atoms with van der Waals surface area (Å²) >= 11 is 0. The zero-order valence-electron chi connectivity index (χ0n) is 9.58. The van der Waals surface area contributed by atoms with Crippen LogP contribution >= 0.6 is 0 Å². The van der Waals surface area contributed by atoms with E-state index in [0.29, 0.717) is 11.0 Å². The number of aromatic nitrogens is 3. The molecule has 2 aromatic rings. The number of hydrogen-bond donors (Lipinski definition) is 1. The maximum Gasteiger partial charge on any atom is 0.260 e. The Labute approximate surface area is 93.8 Å². The lowest BCUT2D eigenvalue weighted by Gasteiger charge is -2.07. The van der Waals surface area contributed by atoms with E-state index in [0.717, 1.165) is 30.4 Å². The van der Waals surface area contributed by atoms with Crippen molar-refractivity contribution in [3.63, 3.8) is 0 Å². The molecule has 2 heterocycles. The van der Waals surface area contributed by atoms with E-state index >= 15 is 0 Å². The van der Waals surface area contributed by atoms with Crippen LogP contribution < -0.4 is 5.56 Å². The second kappa shape index (κ2) is 4.43. The summed E-state index contributed by atoms with van der Waals surface area (Å²) in [6.07, 6.45) is 6.29. The smallest absolute Gasteiger partial charge is 0.260 e. The van der Waals surface area contributed by atoms with E-state index in [2.05, 4.69) is 21.9 Å². The molecule has 16 heavy (non-hydrogen) atoms. The third kappa shape index (κ3) is 1.83. The fraction of sp³-hybridized carbons (Fsp3) is 0.417. The lowest BCUT2D eigenvalue weighted by atomic mass is 10.0. The molecule has 2 aromatic heterocycles. The Morgan fingerprint density at radius 3 is 2.94 bits per heavy atom. The Bertz CT molecular complexity index is 560. The van der Waals surface area contributed by atoms with E-state index in [9.17, 15) is 4.79 Å². The SMILES string of the molecule is CCCCc1c(C)cnc2nc[nH]c(=O)c12. The third-order valence-electron chi connectivity index (χ3n) is 2.77. The monoisotopic (exact) mass is 217 g/mol. The van der Waals surface area contributed by atoms with Gasteiger partial charge in [-0.2, -0.15) is 0 Å². The second-order valence-corrected chi connectivity index (χ2v) is 3.95. The fourth-order valence-corrected chi connectivity index (χ4v) is 1.87. The normalized spacial score (nSPS) is 10.9. The summed E-state index contributed by atoms with van der Waals surface area (Å²) < 4.78 is 0. The largest absolute Gasteiger partial charge is 0.312 e. The number of fused-ring (bicyclic) bond motifs is 1. The van der Waals surface area contributed by atoms with Crippen LogP contribution in [0.4, 0.5) is 0 Å². The summed E-state index contributed by atoms with van der Waals surface area (Å²) in [5.41, 5.74) is 2.61. The molecule has 0 unspecified atom stereocenters. The average molecular weight is 217 g/mol. The van der Waals surface area contributed by atoms with Crippen LogP contribution in [0.3, 0.4) is 0 Å². The zero-order valence-corrected chi connectivity index (χ0v) is 9.58. The summed E-state index contributed by atoms with van der Waals surface area (Å²) in [6, 6.07) is 0. The molecule has 0 spiro atoms. The van der Waals surface area contributed by atoms with Crippen molar-refractivity contribution >= 4 is 11.0 Å². The van der Waals surface area contributed by atoms with Crippen molar-refractivity contribution in [1.82, 2.24) is 15.0 Å². The lowest BCUT2D eigenvalue weighted by molar-refractivity contribution is 0.793. The van der Waals surface area contributed by atoms with Gasteiger partial charge in [0.05, 0.1) is 11.7 Å². The number of rotatable bonds is 3. The van der Waals surface area contributed by atoms with Crippen molar-refractivity contribution in [2.24, 2.45) is 0 Å². The van der Waals surface area contributed by atoms with Crippen molar-refractivity contribution in [2.45, 2.75) is 33.1 Å². The first-order valence-corrected chi connectivity index (χ1v) is 5.56. The number of hydrogen-bond acceptors (Lipinski definition) is 3. The van der Waals surface area contributed by atoms with Crippen LogP contribution in [0.5, 0.6) is 0 Å². The first kappa shape index (κ1) is 10.8. The maximum absolute atomic E-state index is 11.8. The summed E-state index contributed by atoms with van der Waals surface area (Å²) in [7, 11) is 0. The standard InChI is InChI=1S/C12H15N3O/c1-3-4-5-9-8(2)6-13-11-10(9)12(16)15-7-14-11/h6-7H,3-5H2,1-2H3,(H,13,14,15,16). The number of aromatic amines is 1. The Morgan fingerprint density at radius 1 is 1.38 bits per heavy atom. The van der Waals surface area contributed by atoms with Gasteiger partial charge < -0.3 is 4.98 Å². The number of pyridine rings is 1. The second-order valence-electron chi connectivity index (χ2n) is 3.95. The highest BCUT2D eigenvalue weighted by molar-refractivity contribution is 5.78. The zero-order chi connectivity index (χ0) is 11.5. The molecule has 0 atom stereocenters. The van der Waals surface area contributed by atoms with E-state index in [-0.39, 0.29) is 5.56 Å². The predicted molar refractivity (Wildman–Crippen MR) is 63.5 cm³/mol. The summed E-state index contributed by atoms with van der Waals surface area (Å²) in [6.45, 7) is 4.13. The molecule has 0 saturated heterocycles. The first-order chi connectivity index (χ1) is 7.74. The van der Waals surface area contributed by atoms with Gasteiger partial charge in [0.1, 0.15) is 0 Å². The summed E-state index contributed by atoms with van der Waals surface area (Å²) in [5.74, 6) is 0. The Kier molecular flexibility index (Phi) is 2.99. The van der Waals surface area contributed by atoms with Gasteiger partial charge in [-0.15, -0.1) is 0 Å². The van der Waals surface area contributed by atoms with E-state index in [1.54, 1.807) is 6.20 Å². The minimum Gasteiger partial charge on any atom is -0.312 e. The molecule has 0 aliphatic rings. The molecule has 4 nitrogen and oxygen atoms in total. The summed E-state index contributed by atoms with van der Waals surface area (Å²) in [4.78, 5) is 22.7. The number of aryl methyl sites for hydroxylation is 2. The van der Waals surface area contributed by atoms with Gasteiger partial charge in [0.25, 0.3) is 5.56 Å². The van der Waals surface area contributed by atoms with Crippen LogP contribution in [0.25, 0.3) is 11.0 Å². The molecule has 1 N–H and O–H groups in total. The minimum absolute atomic E-state index is 0.0905. The van der Waals surface area contributed by atoms with Gasteiger partial charge in [0.15, 0.2) is 5.65 Å². The van der Waals surface area contributed by atoms with Crippen LogP contribution in [-0.4, -0.2) is 15.0 Å². The Balaban J connectivity index is 2.68. The van der Waals surface area contributed by atoms with Crippen molar-refractivity contribution in [2.75, 3.05) is 0 Å². The fourth-order valence-electron chi connectivity index (χ4n) is 1.87. The molecular weight excluding hydrogens is 202 g/mol. The van der Waals surface area contributed by atoms with Crippen molar-refractivity contribution in [1.29, 1.82) is 0 Å². The van der Waals surface area contributed by atoms with Crippen LogP contribution in [0.2, 0.25) is 0 Å². The summed E-state index contributed by atoms with van der Waals surface area (Å²) in [5, 5.41) is 0.649. The molecule has 0 saturated carbocycles. The molecule has 0 aromatic carbocycles.